The second-order valence-electron chi connectivity index (χ2n) is 3.01. The van der Waals surface area contributed by atoms with Gasteiger partial charge in [0.1, 0.15) is 5.82 Å². The van der Waals surface area contributed by atoms with Crippen LogP contribution in [0, 0.1) is 5.82 Å². The fraction of sp³-hybridized carbons (Fsp3) is 0.200. The van der Waals surface area contributed by atoms with Crippen molar-refractivity contribution in [3.63, 3.8) is 0 Å². The number of aryl methyl sites for hydroxylation is 1. The second kappa shape index (κ2) is 4.54. The predicted octanol–water partition coefficient (Wildman–Crippen LogP) is 1.54. The molecule has 0 saturated carbocycles. The van der Waals surface area contributed by atoms with Gasteiger partial charge in [-0.2, -0.15) is 0 Å². The quantitative estimate of drug-likeness (QED) is 0.793. The number of halogens is 1. The van der Waals surface area contributed by atoms with E-state index in [9.17, 15) is 14.0 Å². The molecule has 0 aliphatic rings. The first-order valence-corrected chi connectivity index (χ1v) is 4.24. The lowest BCUT2D eigenvalue weighted by molar-refractivity contribution is -0.136. The second-order valence-corrected chi connectivity index (χ2v) is 3.01. The molecule has 0 radical (unpaired) electrons. The monoisotopic (exact) mass is 212 g/mol. The van der Waals surface area contributed by atoms with Crippen molar-refractivity contribution < 1.29 is 24.2 Å². The highest BCUT2D eigenvalue weighted by molar-refractivity contribution is 5.87. The fourth-order valence-electron chi connectivity index (χ4n) is 1.14. The van der Waals surface area contributed by atoms with Gasteiger partial charge in [-0.05, 0) is 30.2 Å². The van der Waals surface area contributed by atoms with Crippen molar-refractivity contribution in [2.45, 2.75) is 12.8 Å². The van der Waals surface area contributed by atoms with Crippen molar-refractivity contribution in [3.8, 4) is 0 Å². The van der Waals surface area contributed by atoms with E-state index in [1.165, 1.54) is 0 Å². The zero-order valence-corrected chi connectivity index (χ0v) is 7.74. The first-order valence-electron chi connectivity index (χ1n) is 4.24. The Balaban J connectivity index is 2.90. The van der Waals surface area contributed by atoms with Gasteiger partial charge in [0.15, 0.2) is 0 Å². The molecule has 0 amide bonds. The molecule has 0 aliphatic heterocycles. The lowest BCUT2D eigenvalue weighted by atomic mass is 10.1. The Morgan fingerprint density at radius 1 is 1.27 bits per heavy atom. The molecule has 1 aromatic carbocycles. The highest BCUT2D eigenvalue weighted by Crippen LogP contribution is 2.12. The summed E-state index contributed by atoms with van der Waals surface area (Å²) in [4.78, 5) is 20.8. The Hall–Kier alpha value is -1.91. The van der Waals surface area contributed by atoms with Gasteiger partial charge in [0.25, 0.3) is 0 Å². The smallest absolute Gasteiger partial charge is 0.335 e. The van der Waals surface area contributed by atoms with Gasteiger partial charge in [0.2, 0.25) is 0 Å². The van der Waals surface area contributed by atoms with E-state index in [1.807, 2.05) is 0 Å². The van der Waals surface area contributed by atoms with Gasteiger partial charge in [-0.15, -0.1) is 0 Å². The van der Waals surface area contributed by atoms with Crippen LogP contribution in [0.4, 0.5) is 4.39 Å². The number of hydrogen-bond acceptors (Lipinski definition) is 2. The molecule has 80 valence electrons. The van der Waals surface area contributed by atoms with Gasteiger partial charge < -0.3 is 10.2 Å². The minimum absolute atomic E-state index is 0.0116. The standard InChI is InChI=1S/C10H9FO4/c11-8-3-1-7(10(14)15)5-6(8)2-4-9(12)13/h1,3,5H,2,4H2,(H,12,13)(H,14,15). The molecule has 1 rings (SSSR count). The maximum Gasteiger partial charge on any atom is 0.335 e. The van der Waals surface area contributed by atoms with Gasteiger partial charge in [0, 0.05) is 6.42 Å². The van der Waals surface area contributed by atoms with E-state index < -0.39 is 17.8 Å². The lowest BCUT2D eigenvalue weighted by Crippen LogP contribution is -2.02. The van der Waals surface area contributed by atoms with Crippen LogP contribution in [0.1, 0.15) is 22.3 Å². The molecule has 5 heteroatoms. The number of aromatic carboxylic acids is 1. The summed E-state index contributed by atoms with van der Waals surface area (Å²) in [6.45, 7) is 0. The molecule has 15 heavy (non-hydrogen) atoms. The summed E-state index contributed by atoms with van der Waals surface area (Å²) in [5.41, 5.74) is 0.0640. The largest absolute Gasteiger partial charge is 0.481 e. The SMILES string of the molecule is O=C(O)CCc1cc(C(=O)O)ccc1F. The van der Waals surface area contributed by atoms with E-state index in [1.54, 1.807) is 0 Å². The topological polar surface area (TPSA) is 74.6 Å². The van der Waals surface area contributed by atoms with E-state index in [4.69, 9.17) is 10.2 Å². The zero-order valence-electron chi connectivity index (χ0n) is 7.74. The Kier molecular flexibility index (Phi) is 3.38. The van der Waals surface area contributed by atoms with E-state index in [2.05, 4.69) is 0 Å². The minimum Gasteiger partial charge on any atom is -0.481 e. The average molecular weight is 212 g/mol. The van der Waals surface area contributed by atoms with Gasteiger partial charge in [-0.25, -0.2) is 9.18 Å². The van der Waals surface area contributed by atoms with Crippen molar-refractivity contribution in [1.29, 1.82) is 0 Å². The normalized spacial score (nSPS) is 9.93. The van der Waals surface area contributed by atoms with Crippen LogP contribution in [-0.2, 0) is 11.2 Å². The number of carboxylic acid groups (broad SMARTS) is 2. The summed E-state index contributed by atoms with van der Waals surface area (Å²) in [5, 5.41) is 17.0. The predicted molar refractivity (Wildman–Crippen MR) is 49.3 cm³/mol. The minimum atomic E-state index is -1.16. The number of carbonyl (C=O) groups is 2. The number of rotatable bonds is 4. The molecule has 0 aliphatic carbocycles. The van der Waals surface area contributed by atoms with E-state index in [-0.39, 0.29) is 24.0 Å². The molecular weight excluding hydrogens is 203 g/mol. The Labute approximate surface area is 85.0 Å². The van der Waals surface area contributed by atoms with Gasteiger partial charge in [0.05, 0.1) is 5.56 Å². The molecule has 2 N–H and O–H groups in total. The fourth-order valence-corrected chi connectivity index (χ4v) is 1.14. The third-order valence-electron chi connectivity index (χ3n) is 1.90. The van der Waals surface area contributed by atoms with E-state index >= 15 is 0 Å². The molecule has 0 bridgehead atoms. The summed E-state index contributed by atoms with van der Waals surface area (Å²) in [7, 11) is 0. The van der Waals surface area contributed by atoms with Crippen LogP contribution in [0.2, 0.25) is 0 Å². The van der Waals surface area contributed by atoms with Gasteiger partial charge in [-0.1, -0.05) is 0 Å². The van der Waals surface area contributed by atoms with Gasteiger partial charge >= 0.3 is 11.9 Å². The Morgan fingerprint density at radius 3 is 2.47 bits per heavy atom. The molecule has 0 fully saturated rings. The molecule has 0 atom stereocenters. The van der Waals surface area contributed by atoms with Crippen molar-refractivity contribution in [2.24, 2.45) is 0 Å². The van der Waals surface area contributed by atoms with Crippen LogP contribution in [0.15, 0.2) is 18.2 Å². The highest BCUT2D eigenvalue weighted by Gasteiger charge is 2.09. The summed E-state index contributed by atoms with van der Waals surface area (Å²) in [6.07, 6.45) is -0.234. The summed E-state index contributed by atoms with van der Waals surface area (Å²) < 4.78 is 13.1. The molecule has 1 aromatic rings. The lowest BCUT2D eigenvalue weighted by Gasteiger charge is -2.02. The first kappa shape index (κ1) is 11.2. The summed E-state index contributed by atoms with van der Waals surface area (Å²) >= 11 is 0. The number of carboxylic acids is 2. The molecule has 0 spiro atoms. The Bertz CT molecular complexity index is 400. The zero-order chi connectivity index (χ0) is 11.4. The number of benzene rings is 1. The molecule has 0 aromatic heterocycles. The van der Waals surface area contributed by atoms with Crippen molar-refractivity contribution >= 4 is 11.9 Å². The number of hydrogen-bond donors (Lipinski definition) is 2. The Morgan fingerprint density at radius 2 is 1.93 bits per heavy atom. The number of aliphatic carboxylic acids is 1. The van der Waals surface area contributed by atoms with Gasteiger partial charge in [-0.3, -0.25) is 4.79 Å². The van der Waals surface area contributed by atoms with Crippen LogP contribution in [0.5, 0.6) is 0 Å². The maximum absolute atomic E-state index is 13.1. The van der Waals surface area contributed by atoms with Crippen LogP contribution in [0.25, 0.3) is 0 Å². The summed E-state index contributed by atoms with van der Waals surface area (Å²) in [5.74, 6) is -2.79. The third kappa shape index (κ3) is 3.05. The van der Waals surface area contributed by atoms with E-state index in [0.29, 0.717) is 0 Å². The van der Waals surface area contributed by atoms with Crippen LogP contribution >= 0.6 is 0 Å². The van der Waals surface area contributed by atoms with Crippen LogP contribution in [0.3, 0.4) is 0 Å². The maximum atomic E-state index is 13.1. The average Bonchev–Trinajstić information content (AvgIpc) is 2.16. The van der Waals surface area contributed by atoms with Crippen LogP contribution < -0.4 is 0 Å². The molecule has 4 nitrogen and oxygen atoms in total. The third-order valence-corrected chi connectivity index (χ3v) is 1.90. The van der Waals surface area contributed by atoms with Crippen molar-refractivity contribution in [2.75, 3.05) is 0 Å². The highest BCUT2D eigenvalue weighted by atomic mass is 19.1. The summed E-state index contributed by atoms with van der Waals surface area (Å²) in [6, 6.07) is 3.32. The molecular formula is C10H9FO4. The van der Waals surface area contributed by atoms with E-state index in [0.717, 1.165) is 18.2 Å². The molecule has 0 saturated heterocycles. The molecule has 0 unspecified atom stereocenters. The molecule has 0 heterocycles. The van der Waals surface area contributed by atoms with Crippen molar-refractivity contribution in [3.05, 3.63) is 35.1 Å². The van der Waals surface area contributed by atoms with Crippen LogP contribution in [-0.4, -0.2) is 22.2 Å². The van der Waals surface area contributed by atoms with Crippen molar-refractivity contribution in [1.82, 2.24) is 0 Å². The first-order chi connectivity index (χ1) is 7.00.